The van der Waals surface area contributed by atoms with E-state index in [9.17, 15) is 43.2 Å². The molecule has 19 heteroatoms. The zero-order valence-corrected chi connectivity index (χ0v) is 66.9. The molecule has 6 atom stereocenters. The molecule has 0 aromatic rings. The van der Waals surface area contributed by atoms with Crippen molar-refractivity contribution in [3.05, 3.63) is 24.3 Å². The second-order valence-electron chi connectivity index (χ2n) is 29.7. The van der Waals surface area contributed by atoms with Gasteiger partial charge in [-0.3, -0.25) is 37.3 Å². The molecule has 590 valence electrons. The van der Waals surface area contributed by atoms with Crippen LogP contribution in [0.4, 0.5) is 0 Å². The molecule has 0 aliphatic heterocycles. The lowest BCUT2D eigenvalue weighted by Gasteiger charge is -2.21. The van der Waals surface area contributed by atoms with Crippen LogP contribution in [0.15, 0.2) is 24.3 Å². The van der Waals surface area contributed by atoms with Gasteiger partial charge in [0.05, 0.1) is 26.4 Å². The lowest BCUT2D eigenvalue weighted by atomic mass is 10.00. The van der Waals surface area contributed by atoms with Crippen LogP contribution in [-0.2, 0) is 65.4 Å². The fourth-order valence-corrected chi connectivity index (χ4v) is 13.5. The number of aliphatic hydroxyl groups is 1. The molecular formula is C81H154O17P2. The van der Waals surface area contributed by atoms with Crippen LogP contribution >= 0.6 is 15.6 Å². The molecule has 0 heterocycles. The van der Waals surface area contributed by atoms with Crippen LogP contribution in [-0.4, -0.2) is 96.7 Å². The monoisotopic (exact) mass is 1460 g/mol. The van der Waals surface area contributed by atoms with Crippen LogP contribution in [0, 0.1) is 17.8 Å². The van der Waals surface area contributed by atoms with Gasteiger partial charge in [-0.2, -0.15) is 0 Å². The van der Waals surface area contributed by atoms with E-state index in [1.807, 2.05) is 0 Å². The van der Waals surface area contributed by atoms with Crippen LogP contribution in [0.5, 0.6) is 0 Å². The molecule has 3 N–H and O–H groups in total. The van der Waals surface area contributed by atoms with Crippen molar-refractivity contribution in [1.82, 2.24) is 0 Å². The maximum atomic E-state index is 13.1. The van der Waals surface area contributed by atoms with Gasteiger partial charge in [0.1, 0.15) is 19.3 Å². The maximum absolute atomic E-state index is 13.1. The molecule has 0 spiro atoms. The first kappa shape index (κ1) is 97.5. The summed E-state index contributed by atoms with van der Waals surface area (Å²) in [6, 6.07) is 0. The predicted octanol–water partition coefficient (Wildman–Crippen LogP) is 23.7. The molecule has 0 bridgehead atoms. The van der Waals surface area contributed by atoms with Crippen molar-refractivity contribution in [3.8, 4) is 0 Å². The highest BCUT2D eigenvalue weighted by Crippen LogP contribution is 2.45. The van der Waals surface area contributed by atoms with Crippen molar-refractivity contribution in [3.63, 3.8) is 0 Å². The number of esters is 4. The fourth-order valence-electron chi connectivity index (χ4n) is 11.9. The first-order valence-corrected chi connectivity index (χ1v) is 44.2. The normalized spacial score (nSPS) is 14.4. The average molecular weight is 1460 g/mol. The summed E-state index contributed by atoms with van der Waals surface area (Å²) < 4.78 is 68.7. The summed E-state index contributed by atoms with van der Waals surface area (Å²) in [5.74, 6) is 0.184. The minimum Gasteiger partial charge on any atom is -0.462 e. The largest absolute Gasteiger partial charge is 0.472 e. The number of rotatable bonds is 77. The smallest absolute Gasteiger partial charge is 0.462 e. The van der Waals surface area contributed by atoms with Gasteiger partial charge >= 0.3 is 39.5 Å². The topological polar surface area (TPSA) is 237 Å². The van der Waals surface area contributed by atoms with E-state index in [2.05, 4.69) is 72.8 Å². The Bertz CT molecular complexity index is 2040. The third kappa shape index (κ3) is 72.5. The highest BCUT2D eigenvalue weighted by atomic mass is 31.2. The number of carbonyl (C=O) groups excluding carboxylic acids is 4. The van der Waals surface area contributed by atoms with E-state index in [1.165, 1.54) is 186 Å². The van der Waals surface area contributed by atoms with Crippen molar-refractivity contribution in [2.24, 2.45) is 17.8 Å². The van der Waals surface area contributed by atoms with Gasteiger partial charge in [-0.1, -0.05) is 342 Å². The Kier molecular flexibility index (Phi) is 69.1. The molecule has 0 rings (SSSR count). The van der Waals surface area contributed by atoms with Crippen LogP contribution < -0.4 is 0 Å². The van der Waals surface area contributed by atoms with Crippen molar-refractivity contribution >= 4 is 39.5 Å². The summed E-state index contributed by atoms with van der Waals surface area (Å²) in [5.41, 5.74) is 0. The van der Waals surface area contributed by atoms with Gasteiger partial charge < -0.3 is 33.8 Å². The Labute approximate surface area is 612 Å². The van der Waals surface area contributed by atoms with E-state index in [-0.39, 0.29) is 25.7 Å². The SMILES string of the molecule is CCCCCC/C=C\C=C/CCCCCCCC(=O)O[C@H](COC(=O)CCCCCCCCC(C)CC)COP(=O)(O)OC[C@H](O)COP(=O)(O)OC[C@@H](COC(=O)CCCCCCCCCCCCCCCCCC(C)C)OC(=O)CCCCCCCCCCCCCCCCC(C)C. The summed E-state index contributed by atoms with van der Waals surface area (Å²) in [5, 5.41) is 10.6. The van der Waals surface area contributed by atoms with E-state index >= 15 is 0 Å². The highest BCUT2D eigenvalue weighted by molar-refractivity contribution is 7.47. The molecule has 100 heavy (non-hydrogen) atoms. The van der Waals surface area contributed by atoms with Gasteiger partial charge in [0.2, 0.25) is 0 Å². The van der Waals surface area contributed by atoms with Gasteiger partial charge in [0, 0.05) is 25.7 Å². The van der Waals surface area contributed by atoms with Gasteiger partial charge in [0.25, 0.3) is 0 Å². The van der Waals surface area contributed by atoms with Crippen LogP contribution in [0.3, 0.4) is 0 Å². The number of phosphoric acid groups is 2. The Balaban J connectivity index is 5.28. The van der Waals surface area contributed by atoms with Gasteiger partial charge in [-0.05, 0) is 69.1 Å². The third-order valence-electron chi connectivity index (χ3n) is 18.6. The number of allylic oxidation sites excluding steroid dienone is 4. The number of hydrogen-bond donors (Lipinski definition) is 3. The Hall–Kier alpha value is -2.46. The van der Waals surface area contributed by atoms with Gasteiger partial charge in [-0.15, -0.1) is 0 Å². The molecule has 0 aromatic carbocycles. The quantitative estimate of drug-likeness (QED) is 0.0169. The zero-order chi connectivity index (χ0) is 73.7. The van der Waals surface area contributed by atoms with E-state index < -0.39 is 97.5 Å². The molecule has 0 aliphatic carbocycles. The van der Waals surface area contributed by atoms with Crippen molar-refractivity contribution in [1.29, 1.82) is 0 Å². The molecule has 0 aromatic heterocycles. The Morgan fingerprint density at radius 2 is 0.590 bits per heavy atom. The molecule has 0 aliphatic rings. The van der Waals surface area contributed by atoms with Gasteiger partial charge in [0.15, 0.2) is 12.2 Å². The van der Waals surface area contributed by atoms with E-state index in [4.69, 9.17) is 37.0 Å². The molecule has 0 fully saturated rings. The summed E-state index contributed by atoms with van der Waals surface area (Å²) in [6.45, 7) is 11.9. The summed E-state index contributed by atoms with van der Waals surface area (Å²) in [4.78, 5) is 73.0. The Morgan fingerprint density at radius 3 is 0.890 bits per heavy atom. The predicted molar refractivity (Wildman–Crippen MR) is 409 cm³/mol. The second kappa shape index (κ2) is 70.8. The Morgan fingerprint density at radius 1 is 0.330 bits per heavy atom. The number of unbranched alkanes of at least 4 members (excludes halogenated alkanes) is 41. The van der Waals surface area contributed by atoms with Crippen LogP contribution in [0.1, 0.15) is 395 Å². The van der Waals surface area contributed by atoms with Crippen molar-refractivity contribution in [2.45, 2.75) is 414 Å². The first-order valence-electron chi connectivity index (χ1n) is 41.2. The number of phosphoric ester groups is 2. The maximum Gasteiger partial charge on any atom is 0.472 e. The van der Waals surface area contributed by atoms with Crippen LogP contribution in [0.25, 0.3) is 0 Å². The summed E-state index contributed by atoms with van der Waals surface area (Å²) in [6.07, 6.45) is 61.9. The molecule has 0 radical (unpaired) electrons. The zero-order valence-electron chi connectivity index (χ0n) is 65.2. The fraction of sp³-hybridized carbons (Fsp3) is 0.901. The van der Waals surface area contributed by atoms with E-state index in [1.54, 1.807) is 0 Å². The van der Waals surface area contributed by atoms with Crippen LogP contribution in [0.2, 0.25) is 0 Å². The lowest BCUT2D eigenvalue weighted by Crippen LogP contribution is -2.30. The first-order chi connectivity index (χ1) is 48.3. The number of carbonyl (C=O) groups is 4. The third-order valence-corrected chi connectivity index (χ3v) is 20.5. The minimum atomic E-state index is -4.97. The number of hydrogen-bond acceptors (Lipinski definition) is 15. The number of ether oxygens (including phenoxy) is 4. The standard InChI is InChI=1S/C81H154O17P2/c1-8-10-11-12-13-14-15-16-18-26-31-36-41-50-57-65-81(86)98-77(69-92-79(84)63-56-49-44-43-47-54-61-74(7)9-2)71-96-100(89,90)94-67-75(82)66-93-99(87,88)95-70-76(97-80(85)64-58-51-42-37-32-27-22-21-24-29-34-39-46-53-60-73(5)6)68-91-78(83)62-55-48-40-35-30-25-20-17-19-23-28-33-38-45-52-59-72(3)4/h14-16,18,72-77,82H,8-13,17,19-71H2,1-7H3,(H,87,88)(H,89,90)/b15-14-,18-16-/t74?,75-,76-,77-/m1/s1. The summed E-state index contributed by atoms with van der Waals surface area (Å²) >= 11 is 0. The molecule has 3 unspecified atom stereocenters. The van der Waals surface area contributed by atoms with Crippen molar-refractivity contribution in [2.75, 3.05) is 39.6 Å². The lowest BCUT2D eigenvalue weighted by molar-refractivity contribution is -0.161. The molecule has 0 saturated heterocycles. The molecule has 0 saturated carbocycles. The molecule has 17 nitrogen and oxygen atoms in total. The minimum absolute atomic E-state index is 0.0840. The highest BCUT2D eigenvalue weighted by Gasteiger charge is 2.30. The van der Waals surface area contributed by atoms with Gasteiger partial charge in [-0.25, -0.2) is 9.13 Å². The second-order valence-corrected chi connectivity index (χ2v) is 32.6. The number of aliphatic hydroxyl groups excluding tert-OH is 1. The molecule has 0 amide bonds. The average Bonchev–Trinajstić information content (AvgIpc) is 0.954. The van der Waals surface area contributed by atoms with Crippen molar-refractivity contribution < 1.29 is 80.2 Å². The summed E-state index contributed by atoms with van der Waals surface area (Å²) in [7, 11) is -9.93. The van der Waals surface area contributed by atoms with E-state index in [0.29, 0.717) is 25.7 Å². The molecular weight excluding hydrogens is 1310 g/mol. The van der Waals surface area contributed by atoms with E-state index in [0.717, 1.165) is 127 Å².